The Kier molecular flexibility index (Phi) is 4.19. The van der Waals surface area contributed by atoms with E-state index in [0.29, 0.717) is 6.07 Å². The number of rotatable bonds is 3. The van der Waals surface area contributed by atoms with Crippen molar-refractivity contribution in [3.05, 3.63) is 53.9 Å². The molecule has 0 bridgehead atoms. The van der Waals surface area contributed by atoms with Gasteiger partial charge in [-0.25, -0.2) is 17.2 Å². The molecule has 0 saturated carbocycles. The number of aromatic nitrogens is 1. The Morgan fingerprint density at radius 1 is 1.19 bits per heavy atom. The lowest BCUT2D eigenvalue weighted by Crippen LogP contribution is -2.15. The topological polar surface area (TPSA) is 76.1 Å². The van der Waals surface area contributed by atoms with E-state index < -0.39 is 31.5 Å². The molecule has 0 atom stereocenters. The summed E-state index contributed by atoms with van der Waals surface area (Å²) in [6, 6.07) is 3.81. The van der Waals surface area contributed by atoms with Crippen LogP contribution in [0.4, 0.5) is 14.5 Å². The molecule has 1 aromatic heterocycles. The number of amides is 1. The summed E-state index contributed by atoms with van der Waals surface area (Å²) in [4.78, 5) is 14.8. The molecule has 5 nitrogen and oxygen atoms in total. The number of nitrogens with one attached hydrogen (secondary N) is 1. The predicted octanol–water partition coefficient (Wildman–Crippen LogP) is 2.54. The van der Waals surface area contributed by atoms with Crippen LogP contribution in [0.25, 0.3) is 0 Å². The van der Waals surface area contributed by atoms with Crippen LogP contribution in [0.3, 0.4) is 0 Å². The van der Waals surface area contributed by atoms with Crippen molar-refractivity contribution in [1.29, 1.82) is 0 Å². The maximum atomic E-state index is 13.7. The second kappa shape index (κ2) is 5.74. The van der Waals surface area contributed by atoms with E-state index in [0.717, 1.165) is 24.4 Å². The van der Waals surface area contributed by atoms with Crippen LogP contribution < -0.4 is 5.32 Å². The van der Waals surface area contributed by atoms with E-state index in [1.165, 1.54) is 6.20 Å². The number of nitrogens with zero attached hydrogens (tertiary/aromatic N) is 1. The minimum Gasteiger partial charge on any atom is -0.319 e. The van der Waals surface area contributed by atoms with Crippen molar-refractivity contribution in [1.82, 2.24) is 4.98 Å². The number of carbonyl (C=O) groups is 1. The van der Waals surface area contributed by atoms with Gasteiger partial charge in [-0.2, -0.15) is 0 Å². The molecule has 0 saturated heterocycles. The molecule has 2 aromatic rings. The maximum Gasteiger partial charge on any atom is 0.261 e. The summed E-state index contributed by atoms with van der Waals surface area (Å²) in [6.07, 6.45) is 2.05. The Balaban J connectivity index is 2.29. The quantitative estimate of drug-likeness (QED) is 0.876. The summed E-state index contributed by atoms with van der Waals surface area (Å²) in [6.45, 7) is 0. The minimum absolute atomic E-state index is 0.305. The van der Waals surface area contributed by atoms with E-state index in [2.05, 4.69) is 10.3 Å². The predicted molar refractivity (Wildman–Crippen MR) is 71.6 cm³/mol. The first kappa shape index (κ1) is 15.3. The number of anilines is 1. The third kappa shape index (κ3) is 3.53. The first-order valence-electron chi connectivity index (χ1n) is 5.44. The second-order valence-corrected chi connectivity index (χ2v) is 6.46. The monoisotopic (exact) mass is 332 g/mol. The fourth-order valence-corrected chi connectivity index (χ4v) is 2.26. The van der Waals surface area contributed by atoms with Crippen molar-refractivity contribution in [2.24, 2.45) is 0 Å². The molecule has 0 unspecified atom stereocenters. The second-order valence-electron chi connectivity index (χ2n) is 3.89. The number of pyridine rings is 1. The Morgan fingerprint density at radius 3 is 2.48 bits per heavy atom. The highest BCUT2D eigenvalue weighted by atomic mass is 35.7. The third-order valence-corrected chi connectivity index (χ3v) is 3.84. The van der Waals surface area contributed by atoms with Crippen molar-refractivity contribution >= 4 is 31.3 Å². The van der Waals surface area contributed by atoms with Gasteiger partial charge in [0.25, 0.3) is 15.0 Å². The molecule has 1 heterocycles. The molecule has 1 aromatic carbocycles. The van der Waals surface area contributed by atoms with Crippen LogP contribution >= 0.6 is 10.7 Å². The Bertz CT molecular complexity index is 812. The van der Waals surface area contributed by atoms with Crippen molar-refractivity contribution in [3.8, 4) is 0 Å². The summed E-state index contributed by atoms with van der Waals surface area (Å²) in [5, 5.41) is 2.13. The van der Waals surface area contributed by atoms with Crippen LogP contribution in [0.15, 0.2) is 41.6 Å². The van der Waals surface area contributed by atoms with Crippen molar-refractivity contribution < 1.29 is 22.0 Å². The van der Waals surface area contributed by atoms with Gasteiger partial charge >= 0.3 is 0 Å². The van der Waals surface area contributed by atoms with Gasteiger partial charge in [-0.15, -0.1) is 0 Å². The standard InChI is InChI=1S/C12H7ClF2N2O3S/c13-21(19,20)7-1-2-11(9(14)5-7)17-12(18)8-3-4-16-6-10(8)15/h1-6H,(H,17,18). The van der Waals surface area contributed by atoms with E-state index >= 15 is 0 Å². The van der Waals surface area contributed by atoms with Gasteiger partial charge in [0, 0.05) is 16.9 Å². The molecule has 21 heavy (non-hydrogen) atoms. The Morgan fingerprint density at radius 2 is 1.90 bits per heavy atom. The fraction of sp³-hybridized carbons (Fsp3) is 0. The number of hydrogen-bond donors (Lipinski definition) is 1. The zero-order chi connectivity index (χ0) is 15.6. The molecule has 110 valence electrons. The van der Waals surface area contributed by atoms with Crippen molar-refractivity contribution in [2.45, 2.75) is 4.90 Å². The van der Waals surface area contributed by atoms with Gasteiger partial charge in [-0.3, -0.25) is 9.78 Å². The van der Waals surface area contributed by atoms with Gasteiger partial charge in [0.15, 0.2) is 5.82 Å². The van der Waals surface area contributed by atoms with Crippen LogP contribution in [0, 0.1) is 11.6 Å². The van der Waals surface area contributed by atoms with Gasteiger partial charge in [-0.1, -0.05) is 0 Å². The first-order chi connectivity index (χ1) is 9.79. The molecule has 2 rings (SSSR count). The smallest absolute Gasteiger partial charge is 0.261 e. The number of carbonyl (C=O) groups excluding carboxylic acids is 1. The molecule has 0 aliphatic carbocycles. The summed E-state index contributed by atoms with van der Waals surface area (Å²) in [5.41, 5.74) is -0.626. The first-order valence-corrected chi connectivity index (χ1v) is 7.75. The zero-order valence-electron chi connectivity index (χ0n) is 10.2. The lowest BCUT2D eigenvalue weighted by molar-refractivity contribution is 0.102. The summed E-state index contributed by atoms with van der Waals surface area (Å²) >= 11 is 0. The molecule has 1 N–H and O–H groups in total. The highest BCUT2D eigenvalue weighted by molar-refractivity contribution is 8.13. The van der Waals surface area contributed by atoms with E-state index in [1.807, 2.05) is 0 Å². The largest absolute Gasteiger partial charge is 0.319 e. The average Bonchev–Trinajstić information content (AvgIpc) is 2.40. The number of benzene rings is 1. The zero-order valence-corrected chi connectivity index (χ0v) is 11.8. The van der Waals surface area contributed by atoms with Crippen LogP contribution in [-0.2, 0) is 9.05 Å². The van der Waals surface area contributed by atoms with Gasteiger partial charge < -0.3 is 5.32 Å². The lowest BCUT2D eigenvalue weighted by atomic mass is 10.2. The molecule has 0 aliphatic rings. The maximum absolute atomic E-state index is 13.7. The number of hydrogen-bond acceptors (Lipinski definition) is 4. The van der Waals surface area contributed by atoms with E-state index in [1.54, 1.807) is 0 Å². The van der Waals surface area contributed by atoms with Crippen molar-refractivity contribution in [2.75, 3.05) is 5.32 Å². The number of halogens is 3. The Labute approximate surface area is 123 Å². The Hall–Kier alpha value is -2.06. The van der Waals surface area contributed by atoms with Gasteiger partial charge in [-0.05, 0) is 24.3 Å². The lowest BCUT2D eigenvalue weighted by Gasteiger charge is -2.07. The van der Waals surface area contributed by atoms with Crippen LogP contribution in [-0.4, -0.2) is 19.3 Å². The van der Waals surface area contributed by atoms with Crippen LogP contribution in [0.5, 0.6) is 0 Å². The van der Waals surface area contributed by atoms with E-state index in [9.17, 15) is 22.0 Å². The molecule has 0 spiro atoms. The van der Waals surface area contributed by atoms with Gasteiger partial charge in [0.05, 0.1) is 22.3 Å². The molecule has 0 radical (unpaired) electrons. The van der Waals surface area contributed by atoms with Gasteiger partial charge in [0.2, 0.25) is 0 Å². The summed E-state index contributed by atoms with van der Waals surface area (Å²) in [7, 11) is 0.989. The molecule has 9 heteroatoms. The van der Waals surface area contributed by atoms with Crippen molar-refractivity contribution in [3.63, 3.8) is 0 Å². The molecule has 0 aliphatic heterocycles. The van der Waals surface area contributed by atoms with Crippen LogP contribution in [0.2, 0.25) is 0 Å². The fourth-order valence-electron chi connectivity index (χ4n) is 1.50. The van der Waals surface area contributed by atoms with Gasteiger partial charge in [0.1, 0.15) is 5.82 Å². The molecule has 0 fully saturated rings. The van der Waals surface area contributed by atoms with E-state index in [4.69, 9.17) is 10.7 Å². The third-order valence-electron chi connectivity index (χ3n) is 2.49. The summed E-state index contributed by atoms with van der Waals surface area (Å²) in [5.74, 6) is -2.77. The van der Waals surface area contributed by atoms with Crippen LogP contribution in [0.1, 0.15) is 10.4 Å². The highest BCUT2D eigenvalue weighted by Crippen LogP contribution is 2.22. The molecular formula is C12H7ClF2N2O3S. The molecule has 1 amide bonds. The van der Waals surface area contributed by atoms with E-state index in [-0.39, 0.29) is 11.3 Å². The normalized spacial score (nSPS) is 11.2. The summed E-state index contributed by atoms with van der Waals surface area (Å²) < 4.78 is 49.1. The average molecular weight is 333 g/mol. The highest BCUT2D eigenvalue weighted by Gasteiger charge is 2.16. The SMILES string of the molecule is O=C(Nc1ccc(S(=O)(=O)Cl)cc1F)c1ccncc1F. The minimum atomic E-state index is -4.08. The molecular weight excluding hydrogens is 326 g/mol.